The summed E-state index contributed by atoms with van der Waals surface area (Å²) in [5.74, 6) is -2.80. The van der Waals surface area contributed by atoms with Gasteiger partial charge in [-0.1, -0.05) is 40.5 Å². The molecule has 0 N–H and O–H groups in total. The third-order valence-corrected chi connectivity index (χ3v) is 19.0. The lowest BCUT2D eigenvalue weighted by Gasteiger charge is -2.39. The second-order valence-corrected chi connectivity index (χ2v) is 22.6. The number of methoxy groups -OCH3 is 1. The van der Waals surface area contributed by atoms with Crippen molar-refractivity contribution in [2.24, 2.45) is 34.0 Å². The van der Waals surface area contributed by atoms with Crippen LogP contribution < -0.4 is 0 Å². The van der Waals surface area contributed by atoms with Crippen molar-refractivity contribution in [3.05, 3.63) is 0 Å². The third-order valence-electron chi connectivity index (χ3n) is 15.2. The van der Waals surface area contributed by atoms with E-state index in [4.69, 9.17) is 32.2 Å². The van der Waals surface area contributed by atoms with Gasteiger partial charge < -0.3 is 37.1 Å². The van der Waals surface area contributed by atoms with E-state index in [9.17, 15) is 28.8 Å². The highest BCUT2D eigenvalue weighted by Crippen LogP contribution is 2.66. The van der Waals surface area contributed by atoms with Crippen LogP contribution in [0.25, 0.3) is 0 Å². The van der Waals surface area contributed by atoms with Gasteiger partial charge in [-0.2, -0.15) is 0 Å². The van der Waals surface area contributed by atoms with E-state index in [1.165, 1.54) is 14.0 Å². The predicted octanol–water partition coefficient (Wildman–Crippen LogP) is 8.96. The van der Waals surface area contributed by atoms with E-state index in [2.05, 4.69) is 27.7 Å². The molecule has 8 atom stereocenters. The lowest BCUT2D eigenvalue weighted by Crippen LogP contribution is -2.50. The normalized spacial score (nSPS) is 23.6. The number of carbonyl (C=O) groups is 6. The maximum Gasteiger partial charge on any atom is 0.504 e. The van der Waals surface area contributed by atoms with Crippen molar-refractivity contribution in [1.82, 2.24) is 4.90 Å². The molecular weight excluding hydrogens is 839 g/mol. The summed E-state index contributed by atoms with van der Waals surface area (Å²) in [6, 6.07) is -0.288. The van der Waals surface area contributed by atoms with Crippen LogP contribution in [0.15, 0.2) is 0 Å². The summed E-state index contributed by atoms with van der Waals surface area (Å²) < 4.78 is 41.5. The zero-order valence-electron chi connectivity index (χ0n) is 41.5. The van der Waals surface area contributed by atoms with Crippen LogP contribution in [0.1, 0.15) is 178 Å². The summed E-state index contributed by atoms with van der Waals surface area (Å²) in [5.41, 5.74) is -1.22. The minimum absolute atomic E-state index is 0.0242. The van der Waals surface area contributed by atoms with Crippen LogP contribution in [-0.4, -0.2) is 108 Å². The summed E-state index contributed by atoms with van der Waals surface area (Å²) in [7, 11) is -1.59. The Labute approximate surface area is 386 Å². The van der Waals surface area contributed by atoms with Gasteiger partial charge >= 0.3 is 32.7 Å². The van der Waals surface area contributed by atoms with Crippen molar-refractivity contribution in [2.45, 2.75) is 196 Å². The Kier molecular flexibility index (Phi) is 22.4. The van der Waals surface area contributed by atoms with Crippen molar-refractivity contribution in [1.29, 1.82) is 0 Å². The lowest BCUT2D eigenvalue weighted by molar-refractivity contribution is -0.165. The van der Waals surface area contributed by atoms with Gasteiger partial charge in [0.25, 0.3) is 0 Å². The minimum atomic E-state index is -2.98. The molecule has 368 valence electrons. The molecule has 0 aromatic carbocycles. The van der Waals surface area contributed by atoms with Gasteiger partial charge in [0.1, 0.15) is 31.5 Å². The van der Waals surface area contributed by atoms with Gasteiger partial charge in [-0.3, -0.25) is 28.8 Å². The van der Waals surface area contributed by atoms with Crippen molar-refractivity contribution in [2.75, 3.05) is 46.7 Å². The predicted molar refractivity (Wildman–Crippen MR) is 245 cm³/mol. The Morgan fingerprint density at radius 3 is 2.02 bits per heavy atom. The SMILES string of the molecule is CCO[Si](OCC)(OCC)C(CC)CCCC(CCC(CCC(C)(CC(C)N1CCCCCC1=O)C(=O)OCCOC(=O)CC(C)=O)C(=O)OC1CC2CCC1(C)C2(C)C)C(=O)OC. The Hall–Kier alpha value is -2.88. The van der Waals surface area contributed by atoms with Crippen molar-refractivity contribution >= 4 is 44.4 Å². The van der Waals surface area contributed by atoms with Crippen LogP contribution in [-0.2, 0) is 61.0 Å². The van der Waals surface area contributed by atoms with E-state index in [1.807, 2.05) is 39.5 Å². The number of ketones is 1. The van der Waals surface area contributed by atoms with Gasteiger partial charge in [0, 0.05) is 49.8 Å². The van der Waals surface area contributed by atoms with E-state index in [0.29, 0.717) is 70.8 Å². The van der Waals surface area contributed by atoms with Gasteiger partial charge in [0.15, 0.2) is 0 Å². The van der Waals surface area contributed by atoms with Gasteiger partial charge in [-0.05, 0) is 136 Å². The van der Waals surface area contributed by atoms with Crippen LogP contribution in [0.3, 0.4) is 0 Å². The topological polar surface area (TPSA) is 170 Å². The molecule has 14 nitrogen and oxygen atoms in total. The standard InChI is InChI=1S/C49H85NO13Si/c1-12-40(64(60-13-2,61-14-3)62-15-4)21-19-20-37(44(54)57-11)23-24-38(45(55)63-41-33-39-26-28-49(41,10)47(39,7)8)25-27-48(9,34-35(5)50-29-18-16-17-22-42(50)52)46(56)59-31-30-58-43(53)32-36(6)51/h35,37-41H,12-34H2,1-11H3. The third kappa shape index (κ3) is 14.6. The largest absolute Gasteiger partial charge is 0.504 e. The number of fused-ring (bicyclic) bond motifs is 2. The zero-order valence-corrected chi connectivity index (χ0v) is 42.5. The molecule has 0 radical (unpaired) electrons. The van der Waals surface area contributed by atoms with Crippen LogP contribution in [0.4, 0.5) is 0 Å². The molecule has 2 aliphatic carbocycles. The van der Waals surface area contributed by atoms with Crippen molar-refractivity contribution < 1.29 is 61.0 Å². The highest BCUT2D eigenvalue weighted by atomic mass is 28.4. The zero-order chi connectivity index (χ0) is 47.7. The average Bonchev–Trinajstić information content (AvgIpc) is 3.42. The molecule has 2 bridgehead atoms. The number of Topliss-reactive ketones (excluding diaryl/α,β-unsaturated/α-hetero) is 1. The van der Waals surface area contributed by atoms with Crippen LogP contribution in [0, 0.1) is 34.0 Å². The summed E-state index contributed by atoms with van der Waals surface area (Å²) in [4.78, 5) is 80.7. The molecule has 3 aliphatic rings. The number of ether oxygens (including phenoxy) is 4. The highest BCUT2D eigenvalue weighted by molar-refractivity contribution is 6.62. The fourth-order valence-electron chi connectivity index (χ4n) is 10.9. The quantitative estimate of drug-likeness (QED) is 0.0220. The molecule has 8 unspecified atom stereocenters. The van der Waals surface area contributed by atoms with Gasteiger partial charge in [-0.15, -0.1) is 0 Å². The first-order valence-electron chi connectivity index (χ1n) is 24.6. The summed E-state index contributed by atoms with van der Waals surface area (Å²) in [6.07, 6.45) is 9.76. The molecule has 0 aromatic heterocycles. The lowest BCUT2D eigenvalue weighted by atomic mass is 9.70. The fraction of sp³-hybridized carbons (Fsp3) is 0.878. The molecule has 0 spiro atoms. The minimum Gasteiger partial charge on any atom is -0.469 e. The van der Waals surface area contributed by atoms with E-state index in [-0.39, 0.29) is 84.6 Å². The summed E-state index contributed by atoms with van der Waals surface area (Å²) >= 11 is 0. The second kappa shape index (κ2) is 25.9. The number of carbonyl (C=O) groups excluding carboxylic acids is 6. The number of likely N-dealkylation sites (tertiary alicyclic amines) is 1. The molecule has 64 heavy (non-hydrogen) atoms. The van der Waals surface area contributed by atoms with Gasteiger partial charge in [0.05, 0.1) is 24.4 Å². The Bertz CT molecular complexity index is 1520. The van der Waals surface area contributed by atoms with Gasteiger partial charge in [-0.25, -0.2) is 0 Å². The van der Waals surface area contributed by atoms with E-state index < -0.39 is 38.0 Å². The van der Waals surface area contributed by atoms with Crippen LogP contribution >= 0.6 is 0 Å². The van der Waals surface area contributed by atoms with E-state index in [1.54, 1.807) is 0 Å². The molecule has 1 heterocycles. The Balaban J connectivity index is 1.88. The molecular formula is C49H85NO13Si. The number of nitrogens with zero attached hydrogens (tertiary/aromatic N) is 1. The molecule has 3 fully saturated rings. The van der Waals surface area contributed by atoms with E-state index >= 15 is 0 Å². The van der Waals surface area contributed by atoms with Crippen LogP contribution in [0.2, 0.25) is 5.54 Å². The van der Waals surface area contributed by atoms with Crippen molar-refractivity contribution in [3.63, 3.8) is 0 Å². The molecule has 1 amide bonds. The first-order valence-corrected chi connectivity index (χ1v) is 26.4. The number of amides is 1. The van der Waals surface area contributed by atoms with Crippen molar-refractivity contribution in [3.8, 4) is 0 Å². The van der Waals surface area contributed by atoms with Crippen LogP contribution in [0.5, 0.6) is 0 Å². The molecule has 2 saturated carbocycles. The van der Waals surface area contributed by atoms with E-state index in [0.717, 1.165) is 51.4 Å². The smallest absolute Gasteiger partial charge is 0.469 e. The molecule has 0 aromatic rings. The molecule has 15 heteroatoms. The average molecular weight is 924 g/mol. The molecule has 1 aliphatic heterocycles. The first-order chi connectivity index (χ1) is 30.3. The fourth-order valence-corrected chi connectivity index (χ4v) is 14.2. The number of hydrogen-bond acceptors (Lipinski definition) is 13. The number of hydrogen-bond donors (Lipinski definition) is 0. The molecule has 3 rings (SSSR count). The van der Waals surface area contributed by atoms with Gasteiger partial charge in [0.2, 0.25) is 5.91 Å². The highest BCUT2D eigenvalue weighted by Gasteiger charge is 2.63. The molecule has 1 saturated heterocycles. The second-order valence-electron chi connectivity index (χ2n) is 19.8. The monoisotopic (exact) mass is 924 g/mol. The summed E-state index contributed by atoms with van der Waals surface area (Å²) in [5, 5.41) is 0. The number of esters is 4. The maximum atomic E-state index is 14.6. The first kappa shape index (κ1) is 55.4. The summed E-state index contributed by atoms with van der Waals surface area (Å²) in [6.45, 7) is 21.4. The number of rotatable bonds is 30. The Morgan fingerprint density at radius 1 is 0.844 bits per heavy atom. The Morgan fingerprint density at radius 2 is 1.47 bits per heavy atom. The maximum absolute atomic E-state index is 14.6.